The summed E-state index contributed by atoms with van der Waals surface area (Å²) in [6, 6.07) is 15.4. The third-order valence-corrected chi connectivity index (χ3v) is 6.14. The number of halogens is 1. The molecule has 1 aromatic heterocycles. The highest BCUT2D eigenvalue weighted by Gasteiger charge is 2.41. The fraction of sp³-hybridized carbons (Fsp3) is 0.190. The number of aromatic hydroxyl groups is 1. The average molecular weight is 397 g/mol. The summed E-state index contributed by atoms with van der Waals surface area (Å²) < 4.78 is 6.29. The Labute approximate surface area is 166 Å². The molecule has 2 aliphatic heterocycles. The molecule has 1 N–H and O–H groups in total. The zero-order valence-electron chi connectivity index (χ0n) is 14.6. The molecule has 0 saturated carbocycles. The number of ether oxygens (including phenoxy) is 1. The molecule has 4 nitrogen and oxygen atoms in total. The second-order valence-corrected chi connectivity index (χ2v) is 8.25. The van der Waals surface area contributed by atoms with Crippen LogP contribution in [0.3, 0.4) is 0 Å². The Morgan fingerprint density at radius 3 is 2.93 bits per heavy atom. The van der Waals surface area contributed by atoms with Gasteiger partial charge in [0.1, 0.15) is 11.5 Å². The van der Waals surface area contributed by atoms with Crippen molar-refractivity contribution < 1.29 is 9.84 Å². The highest BCUT2D eigenvalue weighted by Crippen LogP contribution is 2.49. The molecule has 0 spiro atoms. The van der Waals surface area contributed by atoms with Gasteiger partial charge in [-0.25, -0.2) is 5.01 Å². The molecule has 2 aliphatic rings. The smallest absolute Gasteiger partial charge is 0.222 e. The Morgan fingerprint density at radius 2 is 2.11 bits per heavy atom. The van der Waals surface area contributed by atoms with Gasteiger partial charge in [0.15, 0.2) is 0 Å². The lowest BCUT2D eigenvalue weighted by molar-refractivity contribution is -0.0165. The number of hydrazone groups is 1. The number of benzene rings is 2. The maximum atomic E-state index is 10.4. The Hall–Kier alpha value is -2.50. The van der Waals surface area contributed by atoms with E-state index in [-0.39, 0.29) is 18.0 Å². The summed E-state index contributed by atoms with van der Waals surface area (Å²) >= 11 is 7.90. The number of fused-ring (bicyclic) bond motifs is 3. The number of phenolic OH excluding ortho intramolecular Hbond substituents is 1. The van der Waals surface area contributed by atoms with Crippen molar-refractivity contribution in [3.05, 3.63) is 80.5 Å². The summed E-state index contributed by atoms with van der Waals surface area (Å²) in [5.74, 6) is 1.09. The average Bonchev–Trinajstić information content (AvgIpc) is 3.33. The molecule has 0 fully saturated rings. The van der Waals surface area contributed by atoms with E-state index in [1.807, 2.05) is 53.7 Å². The first-order chi connectivity index (χ1) is 13.1. The number of thiophene rings is 1. The van der Waals surface area contributed by atoms with Crippen molar-refractivity contribution in [1.82, 2.24) is 5.01 Å². The van der Waals surface area contributed by atoms with Gasteiger partial charge in [-0.15, -0.1) is 11.3 Å². The van der Waals surface area contributed by atoms with E-state index in [0.29, 0.717) is 11.4 Å². The minimum Gasteiger partial charge on any atom is -0.507 e. The van der Waals surface area contributed by atoms with Crippen LogP contribution in [0.2, 0.25) is 5.02 Å². The van der Waals surface area contributed by atoms with Crippen LogP contribution < -0.4 is 4.74 Å². The molecule has 0 radical (unpaired) electrons. The summed E-state index contributed by atoms with van der Waals surface area (Å²) in [4.78, 5) is 1.10. The molecule has 0 amide bonds. The maximum absolute atomic E-state index is 10.4. The van der Waals surface area contributed by atoms with Gasteiger partial charge in [-0.05, 0) is 48.7 Å². The van der Waals surface area contributed by atoms with Crippen LogP contribution in [0.25, 0.3) is 0 Å². The van der Waals surface area contributed by atoms with E-state index in [1.165, 1.54) is 0 Å². The van der Waals surface area contributed by atoms with Gasteiger partial charge in [-0.2, -0.15) is 5.10 Å². The van der Waals surface area contributed by atoms with E-state index in [2.05, 4.69) is 6.07 Å². The molecule has 136 valence electrons. The topological polar surface area (TPSA) is 45.1 Å². The lowest BCUT2D eigenvalue weighted by Crippen LogP contribution is -2.33. The van der Waals surface area contributed by atoms with Crippen molar-refractivity contribution in [3.63, 3.8) is 0 Å². The Morgan fingerprint density at radius 1 is 1.22 bits per heavy atom. The molecule has 6 heteroatoms. The highest BCUT2D eigenvalue weighted by atomic mass is 35.5. The van der Waals surface area contributed by atoms with Gasteiger partial charge < -0.3 is 9.84 Å². The summed E-state index contributed by atoms with van der Waals surface area (Å²) in [6.45, 7) is 2.01. The zero-order chi connectivity index (χ0) is 18.5. The molecular formula is C21H17ClN2O2S. The van der Waals surface area contributed by atoms with Crippen LogP contribution in [0.5, 0.6) is 11.5 Å². The quantitative estimate of drug-likeness (QED) is 0.608. The number of aryl methyl sites for hydroxylation is 1. The first-order valence-electron chi connectivity index (χ1n) is 8.75. The first kappa shape index (κ1) is 16.7. The summed E-state index contributed by atoms with van der Waals surface area (Å²) in [6.07, 6.45) is 0.406. The fourth-order valence-corrected chi connectivity index (χ4v) is 4.65. The Kier molecular flexibility index (Phi) is 3.88. The van der Waals surface area contributed by atoms with Crippen molar-refractivity contribution in [1.29, 1.82) is 0 Å². The predicted octanol–water partition coefficient (Wildman–Crippen LogP) is 5.66. The minimum atomic E-state index is -0.284. The molecule has 3 heterocycles. The fourth-order valence-electron chi connectivity index (χ4n) is 3.72. The van der Waals surface area contributed by atoms with Crippen LogP contribution in [0, 0.1) is 6.92 Å². The predicted molar refractivity (Wildman–Crippen MR) is 108 cm³/mol. The SMILES string of the molecule is Cc1ccc(O)c(C2=NN3[C@H](C2)c2cc(Cl)ccc2O[C@@H]3c2cccs2)c1. The van der Waals surface area contributed by atoms with E-state index in [0.717, 1.165) is 33.0 Å². The normalized spacial score (nSPS) is 20.7. The molecule has 27 heavy (non-hydrogen) atoms. The second-order valence-electron chi connectivity index (χ2n) is 6.84. The van der Waals surface area contributed by atoms with Crippen LogP contribution in [-0.2, 0) is 0 Å². The van der Waals surface area contributed by atoms with Gasteiger partial charge in [0.2, 0.25) is 6.23 Å². The van der Waals surface area contributed by atoms with Crippen molar-refractivity contribution in [2.45, 2.75) is 25.6 Å². The number of nitrogens with zero attached hydrogens (tertiary/aromatic N) is 2. The van der Waals surface area contributed by atoms with E-state index in [1.54, 1.807) is 17.4 Å². The molecule has 3 aromatic rings. The third kappa shape index (κ3) is 2.78. The van der Waals surface area contributed by atoms with Gasteiger partial charge >= 0.3 is 0 Å². The zero-order valence-corrected chi connectivity index (χ0v) is 16.2. The van der Waals surface area contributed by atoms with Crippen LogP contribution in [0.4, 0.5) is 0 Å². The minimum absolute atomic E-state index is 0.0227. The summed E-state index contributed by atoms with van der Waals surface area (Å²) in [7, 11) is 0. The van der Waals surface area contributed by atoms with Gasteiger partial charge in [-0.3, -0.25) is 0 Å². The first-order valence-corrected chi connectivity index (χ1v) is 10.0. The van der Waals surface area contributed by atoms with Crippen LogP contribution in [-0.4, -0.2) is 15.8 Å². The van der Waals surface area contributed by atoms with Crippen molar-refractivity contribution >= 4 is 28.6 Å². The molecule has 0 saturated heterocycles. The van der Waals surface area contributed by atoms with Gasteiger partial charge in [0.05, 0.1) is 16.6 Å². The molecular weight excluding hydrogens is 380 g/mol. The number of phenols is 1. The van der Waals surface area contributed by atoms with Gasteiger partial charge in [0, 0.05) is 22.6 Å². The largest absolute Gasteiger partial charge is 0.507 e. The van der Waals surface area contributed by atoms with E-state index < -0.39 is 0 Å². The molecule has 2 aromatic carbocycles. The Bertz CT molecular complexity index is 1050. The number of hydrogen-bond acceptors (Lipinski definition) is 5. The van der Waals surface area contributed by atoms with E-state index in [4.69, 9.17) is 21.4 Å². The standard InChI is InChI=1S/C21H17ClN2O2S/c1-12-4-6-18(25)14(9-12)16-11-17-15-10-13(22)5-7-19(15)26-21(24(17)23-16)20-3-2-8-27-20/h2-10,17,21,25H,11H2,1H3/t17-,21-/m1/s1. The van der Waals surface area contributed by atoms with Gasteiger partial charge in [0.25, 0.3) is 0 Å². The van der Waals surface area contributed by atoms with Crippen molar-refractivity contribution in [2.24, 2.45) is 5.10 Å². The number of rotatable bonds is 2. The van der Waals surface area contributed by atoms with Crippen LogP contribution in [0.1, 0.15) is 40.3 Å². The molecule has 5 rings (SSSR count). The molecule has 2 atom stereocenters. The third-order valence-electron chi connectivity index (χ3n) is 5.00. The van der Waals surface area contributed by atoms with Crippen molar-refractivity contribution in [2.75, 3.05) is 0 Å². The number of hydrogen-bond donors (Lipinski definition) is 1. The lowest BCUT2D eigenvalue weighted by Gasteiger charge is -2.37. The molecule has 0 unspecified atom stereocenters. The maximum Gasteiger partial charge on any atom is 0.222 e. The second kappa shape index (κ2) is 6.29. The highest BCUT2D eigenvalue weighted by molar-refractivity contribution is 7.10. The summed E-state index contributed by atoms with van der Waals surface area (Å²) in [5, 5.41) is 20.0. The van der Waals surface area contributed by atoms with Gasteiger partial charge in [-0.1, -0.05) is 29.3 Å². The van der Waals surface area contributed by atoms with Crippen LogP contribution in [0.15, 0.2) is 59.0 Å². The van der Waals surface area contributed by atoms with Crippen LogP contribution >= 0.6 is 22.9 Å². The Balaban J connectivity index is 1.63. The van der Waals surface area contributed by atoms with Crippen molar-refractivity contribution in [3.8, 4) is 11.5 Å². The molecule has 0 aliphatic carbocycles. The summed E-state index contributed by atoms with van der Waals surface area (Å²) in [5.41, 5.74) is 3.75. The molecule has 0 bridgehead atoms. The van der Waals surface area contributed by atoms with E-state index in [9.17, 15) is 5.11 Å². The monoisotopic (exact) mass is 396 g/mol. The lowest BCUT2D eigenvalue weighted by atomic mass is 9.95. The van der Waals surface area contributed by atoms with E-state index >= 15 is 0 Å².